The standard InChI is InChI=1S/C15H23N3O2S/c1-4-7-16-11(9-19-2)10-21-15-17-13-6-5-12(20-3)8-14(13)18-15/h5-6,8,11,16H,4,7,9-10H2,1-3H3,(H,17,18). The van der Waals surface area contributed by atoms with Crippen LogP contribution in [0.2, 0.25) is 0 Å². The molecule has 0 spiro atoms. The van der Waals surface area contributed by atoms with E-state index < -0.39 is 0 Å². The monoisotopic (exact) mass is 309 g/mol. The average molecular weight is 309 g/mol. The molecule has 0 fully saturated rings. The minimum atomic E-state index is 0.336. The Labute approximate surface area is 129 Å². The first kappa shape index (κ1) is 16.1. The van der Waals surface area contributed by atoms with Gasteiger partial charge in [0.25, 0.3) is 0 Å². The Hall–Kier alpha value is -1.24. The summed E-state index contributed by atoms with van der Waals surface area (Å²) in [6.45, 7) is 3.88. The molecule has 1 heterocycles. The fourth-order valence-electron chi connectivity index (χ4n) is 2.06. The fraction of sp³-hybridized carbons (Fsp3) is 0.533. The molecule has 1 aromatic carbocycles. The van der Waals surface area contributed by atoms with E-state index in [1.54, 1.807) is 26.0 Å². The summed E-state index contributed by atoms with van der Waals surface area (Å²) in [6.07, 6.45) is 1.12. The van der Waals surface area contributed by atoms with Gasteiger partial charge < -0.3 is 19.8 Å². The van der Waals surface area contributed by atoms with Crippen LogP contribution in [0, 0.1) is 0 Å². The zero-order chi connectivity index (χ0) is 15.1. The van der Waals surface area contributed by atoms with E-state index in [0.29, 0.717) is 12.6 Å². The first-order chi connectivity index (χ1) is 10.3. The Bertz CT molecular complexity index is 559. The highest BCUT2D eigenvalue weighted by Gasteiger charge is 2.10. The molecule has 0 aliphatic carbocycles. The minimum absolute atomic E-state index is 0.336. The number of nitrogens with zero attached hydrogens (tertiary/aromatic N) is 1. The third-order valence-electron chi connectivity index (χ3n) is 3.14. The maximum atomic E-state index is 5.26. The van der Waals surface area contributed by atoms with E-state index in [-0.39, 0.29) is 0 Å². The van der Waals surface area contributed by atoms with E-state index in [4.69, 9.17) is 9.47 Å². The Kier molecular flexibility index (Phi) is 6.35. The smallest absolute Gasteiger partial charge is 0.166 e. The molecule has 21 heavy (non-hydrogen) atoms. The van der Waals surface area contributed by atoms with Gasteiger partial charge in [-0.3, -0.25) is 0 Å². The van der Waals surface area contributed by atoms with Gasteiger partial charge in [-0.05, 0) is 25.1 Å². The van der Waals surface area contributed by atoms with Crippen molar-refractivity contribution < 1.29 is 9.47 Å². The highest BCUT2D eigenvalue weighted by Crippen LogP contribution is 2.23. The van der Waals surface area contributed by atoms with E-state index in [2.05, 4.69) is 22.2 Å². The van der Waals surface area contributed by atoms with Crippen LogP contribution in [0.3, 0.4) is 0 Å². The molecule has 0 saturated carbocycles. The molecule has 0 aliphatic rings. The third-order valence-corrected chi connectivity index (χ3v) is 4.18. The van der Waals surface area contributed by atoms with Gasteiger partial charge in [-0.25, -0.2) is 4.98 Å². The normalized spacial score (nSPS) is 12.7. The molecule has 2 aromatic rings. The third kappa shape index (κ3) is 4.62. The van der Waals surface area contributed by atoms with Gasteiger partial charge >= 0.3 is 0 Å². The van der Waals surface area contributed by atoms with Crippen LogP contribution >= 0.6 is 11.8 Å². The lowest BCUT2D eigenvalue weighted by Crippen LogP contribution is -2.35. The highest BCUT2D eigenvalue weighted by atomic mass is 32.2. The number of hydrogen-bond acceptors (Lipinski definition) is 5. The second-order valence-corrected chi connectivity index (χ2v) is 5.85. The van der Waals surface area contributed by atoms with Crippen LogP contribution in [0.25, 0.3) is 11.0 Å². The summed E-state index contributed by atoms with van der Waals surface area (Å²) in [7, 11) is 3.40. The summed E-state index contributed by atoms with van der Waals surface area (Å²) >= 11 is 1.71. The number of rotatable bonds is 9. The zero-order valence-corrected chi connectivity index (χ0v) is 13.6. The van der Waals surface area contributed by atoms with Crippen LogP contribution in [-0.2, 0) is 4.74 Å². The van der Waals surface area contributed by atoms with Crippen molar-refractivity contribution >= 4 is 22.8 Å². The summed E-state index contributed by atoms with van der Waals surface area (Å²) in [6, 6.07) is 6.20. The molecule has 1 unspecified atom stereocenters. The van der Waals surface area contributed by atoms with Gasteiger partial charge in [0.15, 0.2) is 5.16 Å². The molecular weight excluding hydrogens is 286 g/mol. The molecule has 2 N–H and O–H groups in total. The number of nitrogens with one attached hydrogen (secondary N) is 2. The molecular formula is C15H23N3O2S. The van der Waals surface area contributed by atoms with E-state index in [9.17, 15) is 0 Å². The maximum Gasteiger partial charge on any atom is 0.166 e. The number of aromatic amines is 1. The lowest BCUT2D eigenvalue weighted by Gasteiger charge is -2.16. The summed E-state index contributed by atoms with van der Waals surface area (Å²) in [5.74, 6) is 1.76. The quantitative estimate of drug-likeness (QED) is 0.697. The van der Waals surface area contributed by atoms with Crippen LogP contribution in [0.4, 0.5) is 0 Å². The Morgan fingerprint density at radius 3 is 2.95 bits per heavy atom. The molecule has 116 valence electrons. The Balaban J connectivity index is 1.98. The number of hydrogen-bond donors (Lipinski definition) is 2. The molecule has 0 bridgehead atoms. The van der Waals surface area contributed by atoms with Crippen molar-refractivity contribution in [1.29, 1.82) is 0 Å². The number of ether oxygens (including phenoxy) is 2. The van der Waals surface area contributed by atoms with Gasteiger partial charge in [0, 0.05) is 25.0 Å². The van der Waals surface area contributed by atoms with Gasteiger partial charge in [-0.1, -0.05) is 18.7 Å². The van der Waals surface area contributed by atoms with E-state index in [0.717, 1.165) is 40.7 Å². The lowest BCUT2D eigenvalue weighted by molar-refractivity contribution is 0.174. The summed E-state index contributed by atoms with van der Waals surface area (Å²) in [5.41, 5.74) is 1.96. The van der Waals surface area contributed by atoms with Crippen molar-refractivity contribution in [3.63, 3.8) is 0 Å². The molecule has 6 heteroatoms. The lowest BCUT2D eigenvalue weighted by atomic mass is 10.3. The van der Waals surface area contributed by atoms with Gasteiger partial charge in [0.1, 0.15) is 5.75 Å². The van der Waals surface area contributed by atoms with Crippen molar-refractivity contribution in [2.45, 2.75) is 24.5 Å². The summed E-state index contributed by atoms with van der Waals surface area (Å²) in [4.78, 5) is 7.91. The predicted molar refractivity (Wildman–Crippen MR) is 87.3 cm³/mol. The van der Waals surface area contributed by atoms with Gasteiger partial charge in [0.2, 0.25) is 0 Å². The van der Waals surface area contributed by atoms with E-state index in [1.807, 2.05) is 18.2 Å². The first-order valence-electron chi connectivity index (χ1n) is 7.15. The second-order valence-electron chi connectivity index (χ2n) is 4.84. The van der Waals surface area contributed by atoms with Crippen molar-refractivity contribution in [3.8, 4) is 5.75 Å². The van der Waals surface area contributed by atoms with E-state index in [1.165, 1.54) is 0 Å². The molecule has 0 saturated heterocycles. The van der Waals surface area contributed by atoms with Crippen molar-refractivity contribution in [1.82, 2.24) is 15.3 Å². The molecule has 5 nitrogen and oxygen atoms in total. The summed E-state index contributed by atoms with van der Waals surface area (Å²) < 4.78 is 10.5. The SMILES string of the molecule is CCCNC(COC)CSc1nc2ccc(OC)cc2[nH]1. The number of fused-ring (bicyclic) bond motifs is 1. The number of imidazole rings is 1. The topological polar surface area (TPSA) is 59.2 Å². The highest BCUT2D eigenvalue weighted by molar-refractivity contribution is 7.99. The molecule has 0 amide bonds. The molecule has 0 radical (unpaired) electrons. The molecule has 1 aromatic heterocycles. The summed E-state index contributed by atoms with van der Waals surface area (Å²) in [5, 5.41) is 4.41. The fourth-order valence-corrected chi connectivity index (χ4v) is 2.97. The van der Waals surface area contributed by atoms with Gasteiger partial charge in [0.05, 0.1) is 24.8 Å². The number of benzene rings is 1. The number of methoxy groups -OCH3 is 2. The van der Waals surface area contributed by atoms with Crippen LogP contribution in [-0.4, -0.2) is 49.1 Å². The largest absolute Gasteiger partial charge is 0.497 e. The molecule has 2 rings (SSSR count). The van der Waals surface area contributed by atoms with Crippen molar-refractivity contribution in [3.05, 3.63) is 18.2 Å². The number of aromatic nitrogens is 2. The minimum Gasteiger partial charge on any atom is -0.497 e. The second kappa shape index (κ2) is 8.26. The van der Waals surface area contributed by atoms with E-state index >= 15 is 0 Å². The van der Waals surface area contributed by atoms with Gasteiger partial charge in [-0.2, -0.15) is 0 Å². The van der Waals surface area contributed by atoms with Crippen molar-refractivity contribution in [2.75, 3.05) is 33.1 Å². The molecule has 0 aliphatic heterocycles. The number of H-pyrrole nitrogens is 1. The van der Waals surface area contributed by atoms with Crippen LogP contribution in [0.15, 0.2) is 23.4 Å². The molecule has 1 atom stereocenters. The van der Waals surface area contributed by atoms with Crippen LogP contribution < -0.4 is 10.1 Å². The van der Waals surface area contributed by atoms with Crippen LogP contribution in [0.1, 0.15) is 13.3 Å². The Morgan fingerprint density at radius 1 is 1.38 bits per heavy atom. The predicted octanol–water partition coefficient (Wildman–Crippen LogP) is 2.68. The number of thioether (sulfide) groups is 1. The average Bonchev–Trinajstić information content (AvgIpc) is 2.91. The Morgan fingerprint density at radius 2 is 2.24 bits per heavy atom. The van der Waals surface area contributed by atoms with Crippen molar-refractivity contribution in [2.24, 2.45) is 0 Å². The van der Waals surface area contributed by atoms with Crippen LogP contribution in [0.5, 0.6) is 5.75 Å². The maximum absolute atomic E-state index is 5.26. The first-order valence-corrected chi connectivity index (χ1v) is 8.14. The van der Waals surface area contributed by atoms with Gasteiger partial charge in [-0.15, -0.1) is 0 Å². The zero-order valence-electron chi connectivity index (χ0n) is 12.8.